The Kier molecular flexibility index (Phi) is 5.35. The number of aryl methyl sites for hydroxylation is 2. The van der Waals surface area contributed by atoms with Crippen molar-refractivity contribution in [3.8, 4) is 11.3 Å². The molecule has 0 bridgehead atoms. The van der Waals surface area contributed by atoms with E-state index in [-0.39, 0.29) is 11.9 Å². The average Bonchev–Trinajstić information content (AvgIpc) is 3.39. The number of carbonyl (C=O) groups excluding carboxylic acids is 1. The van der Waals surface area contributed by atoms with Crippen molar-refractivity contribution in [2.45, 2.75) is 13.5 Å². The Morgan fingerprint density at radius 1 is 1.09 bits per heavy atom. The highest BCUT2D eigenvalue weighted by Gasteiger charge is 2.17. The Labute approximate surface area is 194 Å². The molecule has 3 aromatic heterocycles. The van der Waals surface area contributed by atoms with Crippen molar-refractivity contribution in [2.75, 3.05) is 5.32 Å². The van der Waals surface area contributed by atoms with Crippen LogP contribution in [0.1, 0.15) is 21.6 Å². The molecule has 33 heavy (non-hydrogen) atoms. The van der Waals surface area contributed by atoms with Gasteiger partial charge in [0.1, 0.15) is 6.33 Å². The van der Waals surface area contributed by atoms with Gasteiger partial charge >= 0.3 is 0 Å². The van der Waals surface area contributed by atoms with Crippen molar-refractivity contribution in [1.29, 1.82) is 0 Å². The Hall–Kier alpha value is -4.04. The third kappa shape index (κ3) is 4.20. The molecule has 0 saturated heterocycles. The average molecular weight is 458 g/mol. The number of para-hydroxylation sites is 1. The highest BCUT2D eigenvalue weighted by atomic mass is 35.5. The Morgan fingerprint density at radius 3 is 2.67 bits per heavy atom. The number of amides is 1. The predicted molar refractivity (Wildman–Crippen MR) is 127 cm³/mol. The van der Waals surface area contributed by atoms with Crippen molar-refractivity contribution in [3.63, 3.8) is 0 Å². The Morgan fingerprint density at radius 2 is 1.88 bits per heavy atom. The molecule has 1 amide bonds. The van der Waals surface area contributed by atoms with Crippen LogP contribution < -0.4 is 5.32 Å². The van der Waals surface area contributed by atoms with Crippen LogP contribution in [0.3, 0.4) is 0 Å². The van der Waals surface area contributed by atoms with Crippen molar-refractivity contribution in [2.24, 2.45) is 7.05 Å². The van der Waals surface area contributed by atoms with Crippen LogP contribution in [0.4, 0.5) is 5.95 Å². The van der Waals surface area contributed by atoms with E-state index >= 15 is 0 Å². The summed E-state index contributed by atoms with van der Waals surface area (Å²) in [6.45, 7) is 2.37. The second-order valence-corrected chi connectivity index (χ2v) is 8.09. The third-order valence-corrected chi connectivity index (χ3v) is 5.67. The number of nitrogens with zero attached hydrogens (tertiary/aromatic N) is 6. The number of fused-ring (bicyclic) bond motifs is 1. The zero-order valence-corrected chi connectivity index (χ0v) is 18.8. The molecule has 0 fully saturated rings. The second kappa shape index (κ2) is 8.48. The van der Waals surface area contributed by atoms with Crippen LogP contribution in [0.2, 0.25) is 5.02 Å². The van der Waals surface area contributed by atoms with E-state index in [1.165, 1.54) is 0 Å². The molecule has 3 heterocycles. The van der Waals surface area contributed by atoms with Gasteiger partial charge in [-0.2, -0.15) is 5.10 Å². The van der Waals surface area contributed by atoms with Gasteiger partial charge in [0.15, 0.2) is 0 Å². The van der Waals surface area contributed by atoms with Gasteiger partial charge in [-0.15, -0.1) is 5.10 Å². The minimum atomic E-state index is -0.313. The molecule has 1 N–H and O–H groups in total. The third-order valence-electron chi connectivity index (χ3n) is 5.30. The van der Waals surface area contributed by atoms with E-state index in [1.54, 1.807) is 21.8 Å². The number of hydrogen-bond acceptors (Lipinski definition) is 5. The largest absolute Gasteiger partial charge is 0.289 e. The number of hydrogen-bond donors (Lipinski definition) is 1. The lowest BCUT2D eigenvalue weighted by atomic mass is 10.0. The van der Waals surface area contributed by atoms with E-state index in [2.05, 4.69) is 20.5 Å². The van der Waals surface area contributed by atoms with Gasteiger partial charge in [-0.25, -0.2) is 14.6 Å². The topological polar surface area (TPSA) is 90.5 Å². The first-order valence-electron chi connectivity index (χ1n) is 10.3. The number of anilines is 1. The molecule has 0 aliphatic rings. The van der Waals surface area contributed by atoms with Crippen molar-refractivity contribution in [1.82, 2.24) is 29.5 Å². The van der Waals surface area contributed by atoms with Gasteiger partial charge in [-0.3, -0.25) is 14.8 Å². The van der Waals surface area contributed by atoms with Crippen LogP contribution in [0, 0.1) is 6.92 Å². The molecule has 2 aromatic carbocycles. The summed E-state index contributed by atoms with van der Waals surface area (Å²) in [5.74, 6) is -0.0982. The van der Waals surface area contributed by atoms with Crippen molar-refractivity contribution < 1.29 is 4.79 Å². The smallest absolute Gasteiger partial charge is 0.258 e. The number of aromatic nitrogens is 6. The van der Waals surface area contributed by atoms with Gasteiger partial charge in [-0.1, -0.05) is 48.0 Å². The van der Waals surface area contributed by atoms with E-state index in [0.717, 1.165) is 27.7 Å². The monoisotopic (exact) mass is 457 g/mol. The van der Waals surface area contributed by atoms with Gasteiger partial charge in [-0.05, 0) is 30.7 Å². The molecule has 9 heteroatoms. The number of halogens is 1. The molecular weight excluding hydrogens is 438 g/mol. The van der Waals surface area contributed by atoms with E-state index in [4.69, 9.17) is 16.6 Å². The molecule has 8 nitrogen and oxygen atoms in total. The molecule has 5 aromatic rings. The van der Waals surface area contributed by atoms with Gasteiger partial charge in [0.2, 0.25) is 5.95 Å². The molecule has 0 atom stereocenters. The Balaban J connectivity index is 1.46. The van der Waals surface area contributed by atoms with Crippen LogP contribution in [0.15, 0.2) is 67.1 Å². The number of rotatable bonds is 5. The molecule has 0 saturated carbocycles. The van der Waals surface area contributed by atoms with E-state index in [1.807, 2.05) is 68.7 Å². The minimum absolute atomic E-state index is 0.215. The molecule has 0 spiro atoms. The van der Waals surface area contributed by atoms with Crippen molar-refractivity contribution in [3.05, 3.63) is 89.0 Å². The summed E-state index contributed by atoms with van der Waals surface area (Å²) in [5.41, 5.74) is 4.52. The molecule has 0 unspecified atom stereocenters. The van der Waals surface area contributed by atoms with Crippen LogP contribution in [0.5, 0.6) is 0 Å². The SMILES string of the molecule is Cc1nn(C)cc1-c1cc(C(=O)Nc2ncn(Cc3ccccc3Cl)n2)c2ccccc2n1. The van der Waals surface area contributed by atoms with Crippen LogP contribution in [-0.4, -0.2) is 35.4 Å². The molecule has 0 aliphatic carbocycles. The van der Waals surface area contributed by atoms with Gasteiger partial charge in [0, 0.05) is 29.2 Å². The first kappa shape index (κ1) is 20.8. The van der Waals surface area contributed by atoms with Crippen LogP contribution in [0.25, 0.3) is 22.2 Å². The van der Waals surface area contributed by atoms with Crippen molar-refractivity contribution >= 4 is 34.4 Å². The summed E-state index contributed by atoms with van der Waals surface area (Å²) in [4.78, 5) is 22.2. The summed E-state index contributed by atoms with van der Waals surface area (Å²) in [6.07, 6.45) is 3.46. The summed E-state index contributed by atoms with van der Waals surface area (Å²) < 4.78 is 3.36. The molecule has 5 rings (SSSR count). The van der Waals surface area contributed by atoms with Gasteiger partial charge in [0.25, 0.3) is 5.91 Å². The fourth-order valence-corrected chi connectivity index (χ4v) is 3.95. The normalized spacial score (nSPS) is 11.1. The van der Waals surface area contributed by atoms with E-state index in [0.29, 0.717) is 22.8 Å². The highest BCUT2D eigenvalue weighted by Crippen LogP contribution is 2.27. The molecular formula is C24H20ClN7O. The molecule has 0 aliphatic heterocycles. The zero-order chi connectivity index (χ0) is 22.9. The lowest BCUT2D eigenvalue weighted by Crippen LogP contribution is -2.14. The molecule has 0 radical (unpaired) electrons. The maximum Gasteiger partial charge on any atom is 0.258 e. The van der Waals surface area contributed by atoms with Gasteiger partial charge < -0.3 is 0 Å². The lowest BCUT2D eigenvalue weighted by Gasteiger charge is -2.09. The maximum atomic E-state index is 13.3. The highest BCUT2D eigenvalue weighted by molar-refractivity contribution is 6.31. The standard InChI is InChI=1S/C24H20ClN7O/c1-15-19(13-31(2)29-15)22-11-18(17-8-4-6-10-21(17)27-22)23(33)28-24-26-14-32(30-24)12-16-7-3-5-9-20(16)25/h3-11,13-14H,12H2,1-2H3,(H,28,30,33). The summed E-state index contributed by atoms with van der Waals surface area (Å²) in [6, 6.07) is 16.9. The maximum absolute atomic E-state index is 13.3. The zero-order valence-electron chi connectivity index (χ0n) is 18.0. The summed E-state index contributed by atoms with van der Waals surface area (Å²) >= 11 is 6.24. The first-order chi connectivity index (χ1) is 16.0. The van der Waals surface area contributed by atoms with E-state index < -0.39 is 0 Å². The Bertz CT molecular complexity index is 1490. The number of carbonyl (C=O) groups is 1. The van der Waals surface area contributed by atoms with E-state index in [9.17, 15) is 4.79 Å². The first-order valence-corrected chi connectivity index (χ1v) is 10.7. The van der Waals surface area contributed by atoms with Gasteiger partial charge in [0.05, 0.1) is 29.0 Å². The predicted octanol–water partition coefficient (Wildman–Crippen LogP) is 4.49. The summed E-state index contributed by atoms with van der Waals surface area (Å²) in [5, 5.41) is 13.0. The fourth-order valence-electron chi connectivity index (χ4n) is 3.75. The molecule has 164 valence electrons. The quantitative estimate of drug-likeness (QED) is 0.420. The minimum Gasteiger partial charge on any atom is -0.289 e. The second-order valence-electron chi connectivity index (χ2n) is 7.69. The number of pyridine rings is 1. The number of benzene rings is 2. The van der Waals surface area contributed by atoms with Crippen LogP contribution in [-0.2, 0) is 13.6 Å². The van der Waals surface area contributed by atoms with Crippen LogP contribution >= 0.6 is 11.6 Å². The fraction of sp³-hybridized carbons (Fsp3) is 0.125. The number of nitrogens with one attached hydrogen (secondary N) is 1. The summed E-state index contributed by atoms with van der Waals surface area (Å²) in [7, 11) is 1.86. The lowest BCUT2D eigenvalue weighted by molar-refractivity contribution is 0.102.